The van der Waals surface area contributed by atoms with Crippen LogP contribution in [0.3, 0.4) is 0 Å². The van der Waals surface area contributed by atoms with Crippen molar-refractivity contribution in [3.8, 4) is 11.1 Å². The minimum absolute atomic E-state index is 0.149. The summed E-state index contributed by atoms with van der Waals surface area (Å²) in [6.07, 6.45) is -0.614. The normalized spacial score (nSPS) is 11.0. The Balaban J connectivity index is 2.32. The first-order valence-corrected chi connectivity index (χ1v) is 7.29. The number of halogens is 1. The summed E-state index contributed by atoms with van der Waals surface area (Å²) >= 11 is 0. The molecule has 126 valence electrons. The highest BCUT2D eigenvalue weighted by Crippen LogP contribution is 2.27. The third-order valence-electron chi connectivity index (χ3n) is 3.03. The summed E-state index contributed by atoms with van der Waals surface area (Å²) in [5.74, 6) is -1.85. The fourth-order valence-corrected chi connectivity index (χ4v) is 2.13. The van der Waals surface area contributed by atoms with Crippen LogP contribution in [0.5, 0.6) is 0 Å². The molecule has 0 radical (unpaired) electrons. The number of carboxylic acids is 1. The van der Waals surface area contributed by atoms with E-state index in [1.807, 2.05) is 0 Å². The van der Waals surface area contributed by atoms with Crippen molar-refractivity contribution in [3.63, 3.8) is 0 Å². The van der Waals surface area contributed by atoms with Gasteiger partial charge in [-0.25, -0.2) is 14.0 Å². The number of hydrogen-bond acceptors (Lipinski definition) is 3. The number of benzene rings is 2. The number of carbonyl (C=O) groups excluding carboxylic acids is 1. The average molecular weight is 331 g/mol. The number of amides is 1. The third kappa shape index (κ3) is 4.55. The van der Waals surface area contributed by atoms with Crippen LogP contribution in [0, 0.1) is 5.82 Å². The lowest BCUT2D eigenvalue weighted by atomic mass is 9.99. The van der Waals surface area contributed by atoms with E-state index in [0.717, 1.165) is 6.07 Å². The van der Waals surface area contributed by atoms with Gasteiger partial charge in [0, 0.05) is 5.69 Å². The zero-order valence-electron chi connectivity index (χ0n) is 13.6. The van der Waals surface area contributed by atoms with Gasteiger partial charge in [0.15, 0.2) is 0 Å². The summed E-state index contributed by atoms with van der Waals surface area (Å²) in [7, 11) is 0. The Bertz CT molecular complexity index is 781. The van der Waals surface area contributed by atoms with Crippen molar-refractivity contribution in [2.24, 2.45) is 0 Å². The lowest BCUT2D eigenvalue weighted by Crippen LogP contribution is -2.27. The van der Waals surface area contributed by atoms with Gasteiger partial charge < -0.3 is 9.84 Å². The zero-order valence-corrected chi connectivity index (χ0v) is 13.6. The van der Waals surface area contributed by atoms with Crippen LogP contribution in [-0.4, -0.2) is 22.8 Å². The molecule has 1 amide bonds. The van der Waals surface area contributed by atoms with E-state index in [1.54, 1.807) is 45.0 Å². The molecule has 2 N–H and O–H groups in total. The number of hydrogen-bond donors (Lipinski definition) is 2. The second-order valence-electron chi connectivity index (χ2n) is 6.20. The molecular formula is C18H18FNO4. The molecule has 0 spiro atoms. The van der Waals surface area contributed by atoms with Gasteiger partial charge in [-0.05, 0) is 56.2 Å². The summed E-state index contributed by atoms with van der Waals surface area (Å²) < 4.78 is 18.5. The molecule has 2 rings (SSSR count). The van der Waals surface area contributed by atoms with E-state index in [0.29, 0.717) is 16.8 Å². The molecule has 0 unspecified atom stereocenters. The van der Waals surface area contributed by atoms with Crippen molar-refractivity contribution in [2.75, 3.05) is 5.32 Å². The van der Waals surface area contributed by atoms with E-state index in [4.69, 9.17) is 4.74 Å². The van der Waals surface area contributed by atoms with Gasteiger partial charge >= 0.3 is 12.1 Å². The molecule has 0 aliphatic heterocycles. The maximum atomic E-state index is 13.3. The number of anilines is 1. The minimum atomic E-state index is -1.23. The Kier molecular flexibility index (Phi) is 4.87. The van der Waals surface area contributed by atoms with Crippen LogP contribution in [-0.2, 0) is 4.74 Å². The first-order valence-electron chi connectivity index (χ1n) is 7.29. The lowest BCUT2D eigenvalue weighted by molar-refractivity contribution is 0.0634. The molecule has 0 aromatic heterocycles. The number of aromatic carboxylic acids is 1. The largest absolute Gasteiger partial charge is 0.478 e. The molecular weight excluding hydrogens is 313 g/mol. The summed E-state index contributed by atoms with van der Waals surface area (Å²) in [5.41, 5.74) is 0.569. The first-order chi connectivity index (χ1) is 11.2. The molecule has 0 aliphatic carbocycles. The molecule has 0 saturated carbocycles. The SMILES string of the molecule is CC(C)(C)OC(=O)Nc1cccc(-c2ccc(F)cc2C(=O)O)c1. The standard InChI is InChI=1S/C18H18FNO4/c1-18(2,3)24-17(23)20-13-6-4-5-11(9-13)14-8-7-12(19)10-15(14)16(21)22/h4-10H,1-3H3,(H,20,23)(H,21,22). The van der Waals surface area contributed by atoms with Crippen molar-refractivity contribution in [1.82, 2.24) is 0 Å². The lowest BCUT2D eigenvalue weighted by Gasteiger charge is -2.19. The first kappa shape index (κ1) is 17.5. The number of ether oxygens (including phenoxy) is 1. The number of carbonyl (C=O) groups is 2. The highest BCUT2D eigenvalue weighted by atomic mass is 19.1. The summed E-state index contributed by atoms with van der Waals surface area (Å²) in [6, 6.07) is 10.1. The van der Waals surface area contributed by atoms with E-state index in [-0.39, 0.29) is 5.56 Å². The smallest absolute Gasteiger partial charge is 0.412 e. The molecule has 5 nitrogen and oxygen atoms in total. The Morgan fingerprint density at radius 3 is 2.46 bits per heavy atom. The van der Waals surface area contributed by atoms with E-state index in [1.165, 1.54) is 12.1 Å². The van der Waals surface area contributed by atoms with Crippen molar-refractivity contribution in [3.05, 3.63) is 53.8 Å². The molecule has 0 atom stereocenters. The van der Waals surface area contributed by atoms with Crippen molar-refractivity contribution in [2.45, 2.75) is 26.4 Å². The fraction of sp³-hybridized carbons (Fsp3) is 0.222. The van der Waals surface area contributed by atoms with Crippen LogP contribution >= 0.6 is 0 Å². The van der Waals surface area contributed by atoms with Crippen molar-refractivity contribution in [1.29, 1.82) is 0 Å². The second kappa shape index (κ2) is 6.70. The van der Waals surface area contributed by atoms with Crippen LogP contribution in [0.2, 0.25) is 0 Å². The van der Waals surface area contributed by atoms with E-state index in [9.17, 15) is 19.1 Å². The Morgan fingerprint density at radius 1 is 1.12 bits per heavy atom. The molecule has 0 fully saturated rings. The van der Waals surface area contributed by atoms with Crippen LogP contribution in [0.25, 0.3) is 11.1 Å². The van der Waals surface area contributed by atoms with Gasteiger partial charge in [0.1, 0.15) is 11.4 Å². The Hall–Kier alpha value is -2.89. The molecule has 0 saturated heterocycles. The average Bonchev–Trinajstić information content (AvgIpc) is 2.45. The molecule has 0 bridgehead atoms. The number of carboxylic acid groups (broad SMARTS) is 1. The predicted octanol–water partition coefficient (Wildman–Crippen LogP) is 4.54. The monoisotopic (exact) mass is 331 g/mol. The van der Waals surface area contributed by atoms with E-state index >= 15 is 0 Å². The van der Waals surface area contributed by atoms with E-state index < -0.39 is 23.5 Å². The van der Waals surface area contributed by atoms with Gasteiger partial charge in [-0.15, -0.1) is 0 Å². The molecule has 6 heteroatoms. The van der Waals surface area contributed by atoms with Gasteiger partial charge in [-0.2, -0.15) is 0 Å². The Morgan fingerprint density at radius 2 is 1.83 bits per heavy atom. The van der Waals surface area contributed by atoms with Crippen LogP contribution < -0.4 is 5.32 Å². The second-order valence-corrected chi connectivity index (χ2v) is 6.20. The maximum Gasteiger partial charge on any atom is 0.412 e. The van der Waals surface area contributed by atoms with Crippen LogP contribution in [0.1, 0.15) is 31.1 Å². The van der Waals surface area contributed by atoms with Gasteiger partial charge in [-0.1, -0.05) is 18.2 Å². The maximum absolute atomic E-state index is 13.3. The number of rotatable bonds is 3. The summed E-state index contributed by atoms with van der Waals surface area (Å²) in [4.78, 5) is 23.1. The quantitative estimate of drug-likeness (QED) is 0.866. The summed E-state index contributed by atoms with van der Waals surface area (Å²) in [5, 5.41) is 11.8. The summed E-state index contributed by atoms with van der Waals surface area (Å²) in [6.45, 7) is 5.25. The highest BCUT2D eigenvalue weighted by molar-refractivity contribution is 5.96. The van der Waals surface area contributed by atoms with E-state index in [2.05, 4.69) is 5.32 Å². The van der Waals surface area contributed by atoms with Gasteiger partial charge in [0.05, 0.1) is 5.56 Å². The van der Waals surface area contributed by atoms with Gasteiger partial charge in [-0.3, -0.25) is 5.32 Å². The predicted molar refractivity (Wildman–Crippen MR) is 88.7 cm³/mol. The molecule has 0 heterocycles. The molecule has 0 aliphatic rings. The minimum Gasteiger partial charge on any atom is -0.478 e. The molecule has 2 aromatic carbocycles. The van der Waals surface area contributed by atoms with Gasteiger partial charge in [0.25, 0.3) is 0 Å². The topological polar surface area (TPSA) is 75.6 Å². The number of nitrogens with one attached hydrogen (secondary N) is 1. The Labute approximate surface area is 139 Å². The highest BCUT2D eigenvalue weighted by Gasteiger charge is 2.17. The van der Waals surface area contributed by atoms with Gasteiger partial charge in [0.2, 0.25) is 0 Å². The van der Waals surface area contributed by atoms with Crippen LogP contribution in [0.4, 0.5) is 14.9 Å². The van der Waals surface area contributed by atoms with Crippen molar-refractivity contribution < 1.29 is 23.8 Å². The molecule has 2 aromatic rings. The fourth-order valence-electron chi connectivity index (χ4n) is 2.13. The third-order valence-corrected chi connectivity index (χ3v) is 3.03. The van der Waals surface area contributed by atoms with Crippen LogP contribution in [0.15, 0.2) is 42.5 Å². The zero-order chi connectivity index (χ0) is 17.9. The molecule has 24 heavy (non-hydrogen) atoms. The van der Waals surface area contributed by atoms with Crippen molar-refractivity contribution >= 4 is 17.7 Å².